The second-order valence-corrected chi connectivity index (χ2v) is 4.80. The summed E-state index contributed by atoms with van der Waals surface area (Å²) < 4.78 is 1.10. The number of nitrogens with one attached hydrogen (secondary N) is 1. The van der Waals surface area contributed by atoms with E-state index in [1.807, 2.05) is 25.3 Å². The lowest BCUT2D eigenvalue weighted by Crippen LogP contribution is -2.13. The molecule has 0 fully saturated rings. The third kappa shape index (κ3) is 3.91. The zero-order chi connectivity index (χ0) is 12.1. The maximum Gasteiger partial charge on any atom is 0.0724 e. The molecule has 0 radical (unpaired) electrons. The summed E-state index contributed by atoms with van der Waals surface area (Å²) in [5.41, 5.74) is 3.16. The van der Waals surface area contributed by atoms with Crippen molar-refractivity contribution in [3.63, 3.8) is 0 Å². The molecule has 0 bridgehead atoms. The first kappa shape index (κ1) is 12.2. The van der Waals surface area contributed by atoms with E-state index in [4.69, 9.17) is 0 Å². The molecule has 3 nitrogen and oxygen atoms in total. The van der Waals surface area contributed by atoms with E-state index in [-0.39, 0.29) is 0 Å². The van der Waals surface area contributed by atoms with E-state index in [0.717, 1.165) is 29.0 Å². The SMILES string of the molecule is Cc1cnc(CNCc2cccc(Br)c2)cn1. The van der Waals surface area contributed by atoms with Crippen molar-refractivity contribution in [2.45, 2.75) is 20.0 Å². The first-order valence-corrected chi connectivity index (χ1v) is 6.26. The average molecular weight is 292 g/mol. The summed E-state index contributed by atoms with van der Waals surface area (Å²) >= 11 is 3.46. The number of hydrogen-bond acceptors (Lipinski definition) is 3. The molecule has 17 heavy (non-hydrogen) atoms. The van der Waals surface area contributed by atoms with Crippen molar-refractivity contribution in [1.82, 2.24) is 15.3 Å². The number of hydrogen-bond donors (Lipinski definition) is 1. The maximum atomic E-state index is 4.29. The summed E-state index contributed by atoms with van der Waals surface area (Å²) in [6.07, 6.45) is 3.60. The summed E-state index contributed by atoms with van der Waals surface area (Å²) in [6.45, 7) is 3.50. The zero-order valence-electron chi connectivity index (χ0n) is 9.65. The molecule has 0 aliphatic carbocycles. The predicted octanol–water partition coefficient (Wildman–Crippen LogP) is 2.84. The van der Waals surface area contributed by atoms with Crippen LogP contribution in [0, 0.1) is 6.92 Å². The molecule has 0 unspecified atom stereocenters. The number of aromatic nitrogens is 2. The molecule has 0 amide bonds. The Morgan fingerprint density at radius 3 is 2.76 bits per heavy atom. The van der Waals surface area contributed by atoms with Crippen LogP contribution < -0.4 is 5.32 Å². The minimum atomic E-state index is 0.736. The Labute approximate surface area is 109 Å². The van der Waals surface area contributed by atoms with Gasteiger partial charge < -0.3 is 5.32 Å². The molecule has 1 aromatic heterocycles. The van der Waals surface area contributed by atoms with Gasteiger partial charge >= 0.3 is 0 Å². The molecule has 0 saturated heterocycles. The second kappa shape index (κ2) is 5.89. The average Bonchev–Trinajstić information content (AvgIpc) is 2.32. The monoisotopic (exact) mass is 291 g/mol. The lowest BCUT2D eigenvalue weighted by Gasteiger charge is -2.05. The quantitative estimate of drug-likeness (QED) is 0.941. The molecule has 1 heterocycles. The highest BCUT2D eigenvalue weighted by Crippen LogP contribution is 2.11. The lowest BCUT2D eigenvalue weighted by molar-refractivity contribution is 0.675. The standard InChI is InChI=1S/C13H14BrN3/c1-10-6-17-13(9-16-10)8-15-7-11-3-2-4-12(14)5-11/h2-6,9,15H,7-8H2,1H3. The van der Waals surface area contributed by atoms with Gasteiger partial charge in [0.05, 0.1) is 11.4 Å². The highest BCUT2D eigenvalue weighted by Gasteiger charge is 1.96. The maximum absolute atomic E-state index is 4.29. The van der Waals surface area contributed by atoms with E-state index < -0.39 is 0 Å². The molecule has 0 spiro atoms. The zero-order valence-corrected chi connectivity index (χ0v) is 11.2. The van der Waals surface area contributed by atoms with Crippen molar-refractivity contribution in [2.75, 3.05) is 0 Å². The van der Waals surface area contributed by atoms with Crippen LogP contribution in [0.2, 0.25) is 0 Å². The van der Waals surface area contributed by atoms with Crippen molar-refractivity contribution < 1.29 is 0 Å². The molecule has 1 aromatic carbocycles. The Morgan fingerprint density at radius 2 is 2.06 bits per heavy atom. The van der Waals surface area contributed by atoms with Crippen LogP contribution in [0.25, 0.3) is 0 Å². The first-order chi connectivity index (χ1) is 8.24. The highest BCUT2D eigenvalue weighted by molar-refractivity contribution is 9.10. The Morgan fingerprint density at radius 1 is 1.18 bits per heavy atom. The fraction of sp³-hybridized carbons (Fsp3) is 0.231. The van der Waals surface area contributed by atoms with Crippen molar-refractivity contribution >= 4 is 15.9 Å². The van der Waals surface area contributed by atoms with Crippen LogP contribution in [0.3, 0.4) is 0 Å². The van der Waals surface area contributed by atoms with E-state index in [0.29, 0.717) is 0 Å². The summed E-state index contributed by atoms with van der Waals surface area (Å²) in [7, 11) is 0. The molecule has 2 rings (SSSR count). The number of nitrogens with zero attached hydrogens (tertiary/aromatic N) is 2. The van der Waals surface area contributed by atoms with Gasteiger partial charge in [-0.2, -0.15) is 0 Å². The lowest BCUT2D eigenvalue weighted by atomic mass is 10.2. The summed E-state index contributed by atoms with van der Waals surface area (Å²) in [6, 6.07) is 8.26. The molecular weight excluding hydrogens is 278 g/mol. The largest absolute Gasteiger partial charge is 0.307 e. The number of aryl methyl sites for hydroxylation is 1. The third-order valence-electron chi connectivity index (χ3n) is 2.36. The molecule has 0 aliphatic rings. The van der Waals surface area contributed by atoms with Crippen LogP contribution in [-0.4, -0.2) is 9.97 Å². The molecule has 0 saturated carbocycles. The van der Waals surface area contributed by atoms with E-state index in [1.165, 1.54) is 5.56 Å². The second-order valence-electron chi connectivity index (χ2n) is 3.88. The van der Waals surface area contributed by atoms with Gasteiger partial charge in [0.1, 0.15) is 0 Å². The third-order valence-corrected chi connectivity index (χ3v) is 2.85. The molecule has 0 aliphatic heterocycles. The molecule has 2 aromatic rings. The molecule has 0 atom stereocenters. The minimum absolute atomic E-state index is 0.736. The summed E-state index contributed by atoms with van der Waals surface area (Å²) in [5.74, 6) is 0. The van der Waals surface area contributed by atoms with Crippen LogP contribution in [0.5, 0.6) is 0 Å². The number of benzene rings is 1. The topological polar surface area (TPSA) is 37.8 Å². The van der Waals surface area contributed by atoms with Crippen LogP contribution in [0.15, 0.2) is 41.1 Å². The van der Waals surface area contributed by atoms with Crippen LogP contribution in [-0.2, 0) is 13.1 Å². The highest BCUT2D eigenvalue weighted by atomic mass is 79.9. The first-order valence-electron chi connectivity index (χ1n) is 5.47. The Kier molecular flexibility index (Phi) is 4.23. The summed E-state index contributed by atoms with van der Waals surface area (Å²) in [4.78, 5) is 8.50. The van der Waals surface area contributed by atoms with Gasteiger partial charge in [0, 0.05) is 30.0 Å². The van der Waals surface area contributed by atoms with E-state index >= 15 is 0 Å². The van der Waals surface area contributed by atoms with Gasteiger partial charge in [-0.05, 0) is 24.6 Å². The van der Waals surface area contributed by atoms with E-state index in [2.05, 4.69) is 43.3 Å². The van der Waals surface area contributed by atoms with Crippen molar-refractivity contribution in [3.8, 4) is 0 Å². The Hall–Kier alpha value is -1.26. The Bertz CT molecular complexity index is 482. The fourth-order valence-corrected chi connectivity index (χ4v) is 1.94. The Balaban J connectivity index is 1.85. The molecule has 88 valence electrons. The van der Waals surface area contributed by atoms with Gasteiger partial charge in [-0.15, -0.1) is 0 Å². The van der Waals surface area contributed by atoms with Gasteiger partial charge in [0.15, 0.2) is 0 Å². The molecule has 4 heteroatoms. The molecular formula is C13H14BrN3. The van der Waals surface area contributed by atoms with Gasteiger partial charge in [-0.3, -0.25) is 9.97 Å². The van der Waals surface area contributed by atoms with Gasteiger partial charge in [0.2, 0.25) is 0 Å². The van der Waals surface area contributed by atoms with E-state index in [1.54, 1.807) is 6.20 Å². The summed E-state index contributed by atoms with van der Waals surface area (Å²) in [5, 5.41) is 3.34. The number of halogens is 1. The van der Waals surface area contributed by atoms with Gasteiger partial charge in [0.25, 0.3) is 0 Å². The normalized spacial score (nSPS) is 10.5. The molecule has 1 N–H and O–H groups in total. The van der Waals surface area contributed by atoms with Crippen LogP contribution in [0.1, 0.15) is 17.0 Å². The van der Waals surface area contributed by atoms with E-state index in [9.17, 15) is 0 Å². The minimum Gasteiger partial charge on any atom is -0.307 e. The van der Waals surface area contributed by atoms with Crippen molar-refractivity contribution in [1.29, 1.82) is 0 Å². The van der Waals surface area contributed by atoms with Crippen LogP contribution in [0.4, 0.5) is 0 Å². The van der Waals surface area contributed by atoms with Gasteiger partial charge in [-0.1, -0.05) is 28.1 Å². The number of rotatable bonds is 4. The smallest absolute Gasteiger partial charge is 0.0724 e. The fourth-order valence-electron chi connectivity index (χ4n) is 1.49. The predicted molar refractivity (Wildman–Crippen MR) is 71.5 cm³/mol. The van der Waals surface area contributed by atoms with Crippen LogP contribution >= 0.6 is 15.9 Å². The van der Waals surface area contributed by atoms with Gasteiger partial charge in [-0.25, -0.2) is 0 Å². The van der Waals surface area contributed by atoms with Crippen molar-refractivity contribution in [2.24, 2.45) is 0 Å². The van der Waals surface area contributed by atoms with Crippen molar-refractivity contribution in [3.05, 3.63) is 58.1 Å².